The molecular formula is C24H23Br2NO3. The van der Waals surface area contributed by atoms with E-state index in [0.29, 0.717) is 11.1 Å². The third kappa shape index (κ3) is 6.16. The first-order valence-electron chi connectivity index (χ1n) is 9.56. The Morgan fingerprint density at radius 3 is 1.63 bits per heavy atom. The van der Waals surface area contributed by atoms with Crippen LogP contribution >= 0.6 is 31.9 Å². The van der Waals surface area contributed by atoms with E-state index in [4.69, 9.17) is 4.74 Å². The van der Waals surface area contributed by atoms with Gasteiger partial charge in [0.25, 0.3) is 0 Å². The van der Waals surface area contributed by atoms with Gasteiger partial charge in [-0.2, -0.15) is 0 Å². The van der Waals surface area contributed by atoms with Crippen molar-refractivity contribution in [3.63, 3.8) is 0 Å². The van der Waals surface area contributed by atoms with Crippen molar-refractivity contribution in [2.24, 2.45) is 0 Å². The Hall–Kier alpha value is -2.18. The largest absolute Gasteiger partial charge is 0.444 e. The van der Waals surface area contributed by atoms with E-state index < -0.39 is 11.7 Å². The number of carbonyl (C=O) groups is 2. The minimum absolute atomic E-state index is 0.0550. The molecule has 6 heteroatoms. The SMILES string of the molecule is CC(C)(C)OC(=O)N1C/C(=C\c2ccc(Br)cc2)C(=O)/C(=C/c2ccc(Br)cc2)C1. The van der Waals surface area contributed by atoms with Crippen LogP contribution in [0.4, 0.5) is 4.79 Å². The summed E-state index contributed by atoms with van der Waals surface area (Å²) >= 11 is 6.84. The lowest BCUT2D eigenvalue weighted by Crippen LogP contribution is -2.44. The number of hydrogen-bond acceptors (Lipinski definition) is 3. The highest BCUT2D eigenvalue weighted by molar-refractivity contribution is 9.10. The quantitative estimate of drug-likeness (QED) is 0.415. The molecule has 1 amide bonds. The van der Waals surface area contributed by atoms with Gasteiger partial charge >= 0.3 is 6.09 Å². The second kappa shape index (κ2) is 9.31. The van der Waals surface area contributed by atoms with Gasteiger partial charge in [0.05, 0.1) is 13.1 Å². The average Bonchev–Trinajstić information content (AvgIpc) is 2.67. The molecule has 0 saturated carbocycles. The first-order valence-corrected chi connectivity index (χ1v) is 11.1. The Kier molecular flexibility index (Phi) is 6.98. The molecule has 0 radical (unpaired) electrons. The number of ether oxygens (including phenoxy) is 1. The molecule has 2 aromatic carbocycles. The van der Waals surface area contributed by atoms with Crippen LogP contribution in [0.5, 0.6) is 0 Å². The zero-order valence-electron chi connectivity index (χ0n) is 17.1. The molecule has 0 atom stereocenters. The number of hydrogen-bond donors (Lipinski definition) is 0. The van der Waals surface area contributed by atoms with E-state index >= 15 is 0 Å². The van der Waals surface area contributed by atoms with Crippen LogP contribution in [0.15, 0.2) is 68.6 Å². The van der Waals surface area contributed by atoms with Crippen molar-refractivity contribution >= 4 is 55.9 Å². The highest BCUT2D eigenvalue weighted by atomic mass is 79.9. The lowest BCUT2D eigenvalue weighted by Gasteiger charge is -2.32. The minimum Gasteiger partial charge on any atom is -0.444 e. The molecular weight excluding hydrogens is 510 g/mol. The molecule has 1 saturated heterocycles. The Bertz CT molecular complexity index is 933. The summed E-state index contributed by atoms with van der Waals surface area (Å²) in [5.74, 6) is -0.0550. The summed E-state index contributed by atoms with van der Waals surface area (Å²) in [5, 5.41) is 0. The van der Waals surface area contributed by atoms with Crippen LogP contribution in [0.2, 0.25) is 0 Å². The standard InChI is InChI=1S/C24H23Br2NO3/c1-24(2,3)30-23(29)27-14-18(12-16-4-8-20(25)9-5-16)22(28)19(15-27)13-17-6-10-21(26)11-7-17/h4-13H,14-15H2,1-3H3/b18-12+,19-13+. The molecule has 0 spiro atoms. The molecule has 156 valence electrons. The van der Waals surface area contributed by atoms with Crippen LogP contribution in [0.25, 0.3) is 12.2 Å². The van der Waals surface area contributed by atoms with Gasteiger partial charge < -0.3 is 4.74 Å². The molecule has 0 unspecified atom stereocenters. The Labute approximate surface area is 193 Å². The molecule has 1 aliphatic heterocycles. The van der Waals surface area contributed by atoms with Gasteiger partial charge in [0.1, 0.15) is 5.60 Å². The van der Waals surface area contributed by atoms with Crippen LogP contribution in [-0.2, 0) is 9.53 Å². The van der Waals surface area contributed by atoms with Crippen molar-refractivity contribution in [1.82, 2.24) is 4.90 Å². The Morgan fingerprint density at radius 2 is 1.27 bits per heavy atom. The van der Waals surface area contributed by atoms with Gasteiger partial charge in [-0.1, -0.05) is 56.1 Å². The van der Waals surface area contributed by atoms with Gasteiger partial charge in [0.2, 0.25) is 0 Å². The maximum Gasteiger partial charge on any atom is 0.410 e. The van der Waals surface area contributed by atoms with E-state index in [1.165, 1.54) is 0 Å². The van der Waals surface area contributed by atoms with Gasteiger partial charge in [-0.05, 0) is 68.3 Å². The van der Waals surface area contributed by atoms with Crippen molar-refractivity contribution in [2.75, 3.05) is 13.1 Å². The lowest BCUT2D eigenvalue weighted by molar-refractivity contribution is -0.113. The van der Waals surface area contributed by atoms with E-state index in [1.807, 2.05) is 81.5 Å². The number of rotatable bonds is 2. The van der Waals surface area contributed by atoms with Crippen molar-refractivity contribution in [2.45, 2.75) is 26.4 Å². The van der Waals surface area contributed by atoms with E-state index in [1.54, 1.807) is 4.90 Å². The molecule has 1 aliphatic rings. The number of piperidine rings is 1. The molecule has 4 nitrogen and oxygen atoms in total. The number of ketones is 1. The van der Waals surface area contributed by atoms with Crippen LogP contribution in [0.3, 0.4) is 0 Å². The highest BCUT2D eigenvalue weighted by Crippen LogP contribution is 2.25. The lowest BCUT2D eigenvalue weighted by atomic mass is 9.94. The second-order valence-electron chi connectivity index (χ2n) is 8.11. The molecule has 0 bridgehead atoms. The zero-order valence-corrected chi connectivity index (χ0v) is 20.3. The van der Waals surface area contributed by atoms with Gasteiger partial charge in [0, 0.05) is 20.1 Å². The fourth-order valence-electron chi connectivity index (χ4n) is 3.02. The molecule has 0 N–H and O–H groups in total. The third-order valence-electron chi connectivity index (χ3n) is 4.38. The maximum atomic E-state index is 13.2. The predicted molar refractivity (Wildman–Crippen MR) is 127 cm³/mol. The third-order valence-corrected chi connectivity index (χ3v) is 5.44. The first-order chi connectivity index (χ1) is 14.1. The average molecular weight is 533 g/mol. The summed E-state index contributed by atoms with van der Waals surface area (Å²) in [5.41, 5.74) is 2.30. The monoisotopic (exact) mass is 531 g/mol. The summed E-state index contributed by atoms with van der Waals surface area (Å²) in [6.07, 6.45) is 3.24. The number of amides is 1. The number of carbonyl (C=O) groups excluding carboxylic acids is 2. The molecule has 0 aromatic heterocycles. The van der Waals surface area contributed by atoms with E-state index in [9.17, 15) is 9.59 Å². The van der Waals surface area contributed by atoms with Crippen LogP contribution in [0.1, 0.15) is 31.9 Å². The number of nitrogens with zero attached hydrogens (tertiary/aromatic N) is 1. The van der Waals surface area contributed by atoms with Crippen LogP contribution in [0, 0.1) is 0 Å². The fourth-order valence-corrected chi connectivity index (χ4v) is 3.54. The summed E-state index contributed by atoms with van der Waals surface area (Å²) in [6.45, 7) is 5.91. The highest BCUT2D eigenvalue weighted by Gasteiger charge is 2.31. The summed E-state index contributed by atoms with van der Waals surface area (Å²) in [6, 6.07) is 15.4. The minimum atomic E-state index is -0.607. The molecule has 30 heavy (non-hydrogen) atoms. The number of benzene rings is 2. The Balaban J connectivity index is 1.97. The molecule has 2 aromatic rings. The van der Waals surface area contributed by atoms with Crippen LogP contribution < -0.4 is 0 Å². The Morgan fingerprint density at radius 1 is 0.867 bits per heavy atom. The molecule has 1 fully saturated rings. The van der Waals surface area contributed by atoms with E-state index in [-0.39, 0.29) is 18.9 Å². The fraction of sp³-hybridized carbons (Fsp3) is 0.250. The normalized spacial score (nSPS) is 17.5. The number of halogens is 2. The van der Waals surface area contributed by atoms with E-state index in [0.717, 1.165) is 20.1 Å². The summed E-state index contributed by atoms with van der Waals surface area (Å²) < 4.78 is 7.48. The number of likely N-dealkylation sites (tertiary alicyclic amines) is 1. The van der Waals surface area contributed by atoms with Gasteiger partial charge in [-0.3, -0.25) is 9.69 Å². The van der Waals surface area contributed by atoms with Crippen molar-refractivity contribution in [1.29, 1.82) is 0 Å². The maximum absolute atomic E-state index is 13.2. The topological polar surface area (TPSA) is 46.6 Å². The van der Waals surface area contributed by atoms with Gasteiger partial charge in [-0.25, -0.2) is 4.79 Å². The van der Waals surface area contributed by atoms with Crippen molar-refractivity contribution < 1.29 is 14.3 Å². The van der Waals surface area contributed by atoms with E-state index in [2.05, 4.69) is 31.9 Å². The smallest absolute Gasteiger partial charge is 0.410 e. The van der Waals surface area contributed by atoms with Crippen molar-refractivity contribution in [3.8, 4) is 0 Å². The molecule has 1 heterocycles. The van der Waals surface area contributed by atoms with Crippen molar-refractivity contribution in [3.05, 3.63) is 79.7 Å². The predicted octanol–water partition coefficient (Wildman–Crippen LogP) is 6.50. The zero-order chi connectivity index (χ0) is 21.9. The number of Topliss-reactive ketones (excluding diaryl/α,β-unsaturated/α-hetero) is 1. The second-order valence-corrected chi connectivity index (χ2v) is 9.94. The molecule has 3 rings (SSSR count). The first kappa shape index (κ1) is 22.5. The molecule has 0 aliphatic carbocycles. The van der Waals surface area contributed by atoms with Crippen LogP contribution in [-0.4, -0.2) is 35.5 Å². The van der Waals surface area contributed by atoms with Gasteiger partial charge in [0.15, 0.2) is 5.78 Å². The van der Waals surface area contributed by atoms with Gasteiger partial charge in [-0.15, -0.1) is 0 Å². The summed E-state index contributed by atoms with van der Waals surface area (Å²) in [4.78, 5) is 27.5. The summed E-state index contributed by atoms with van der Waals surface area (Å²) in [7, 11) is 0.